The molecule has 1 aliphatic heterocycles. The average Bonchev–Trinajstić information content (AvgIpc) is 2.96. The van der Waals surface area contributed by atoms with Crippen LogP contribution in [0.2, 0.25) is 0 Å². The van der Waals surface area contributed by atoms with Gasteiger partial charge in [-0.2, -0.15) is 0 Å². The minimum atomic E-state index is -0.923. The highest BCUT2D eigenvalue weighted by molar-refractivity contribution is 6.46. The van der Waals surface area contributed by atoms with Crippen molar-refractivity contribution in [2.24, 2.45) is 0 Å². The molecule has 0 fully saturated rings. The molecule has 4 nitrogen and oxygen atoms in total. The van der Waals surface area contributed by atoms with E-state index in [0.717, 1.165) is 35.9 Å². The maximum absolute atomic E-state index is 14.3. The number of imide groups is 1. The molecule has 30 heavy (non-hydrogen) atoms. The van der Waals surface area contributed by atoms with E-state index >= 15 is 0 Å². The first-order chi connectivity index (χ1) is 14.3. The van der Waals surface area contributed by atoms with Gasteiger partial charge in [0.05, 0.1) is 11.3 Å². The van der Waals surface area contributed by atoms with E-state index in [1.54, 1.807) is 12.1 Å². The van der Waals surface area contributed by atoms with Gasteiger partial charge in [-0.05, 0) is 48.9 Å². The monoisotopic (exact) mass is 408 g/mol. The minimum absolute atomic E-state index is 0.0655. The molecule has 0 aliphatic carbocycles. The van der Waals surface area contributed by atoms with Crippen LogP contribution < -0.4 is 10.2 Å². The van der Waals surface area contributed by atoms with Crippen LogP contribution in [0.5, 0.6) is 0 Å². The Morgan fingerprint density at radius 2 is 1.40 bits per heavy atom. The predicted molar refractivity (Wildman–Crippen MR) is 107 cm³/mol. The molecular weight excluding hydrogens is 393 g/mol. The van der Waals surface area contributed by atoms with E-state index in [1.807, 2.05) is 19.1 Å². The molecule has 0 unspecified atom stereocenters. The molecule has 0 bridgehead atoms. The summed E-state index contributed by atoms with van der Waals surface area (Å²) in [7, 11) is 0. The van der Waals surface area contributed by atoms with E-state index in [0.29, 0.717) is 10.6 Å². The zero-order chi connectivity index (χ0) is 21.4. The summed E-state index contributed by atoms with van der Waals surface area (Å²) in [5.74, 6) is -3.92. The Morgan fingerprint density at radius 3 is 2.07 bits per heavy atom. The van der Waals surface area contributed by atoms with Crippen LogP contribution in [0.3, 0.4) is 0 Å². The molecule has 3 aromatic carbocycles. The summed E-state index contributed by atoms with van der Waals surface area (Å²) >= 11 is 0. The Kier molecular flexibility index (Phi) is 4.87. The second-order valence-corrected chi connectivity index (χ2v) is 6.79. The van der Waals surface area contributed by atoms with Crippen LogP contribution in [0.1, 0.15) is 11.1 Å². The zero-order valence-corrected chi connectivity index (χ0v) is 15.7. The number of hydrogen-bond acceptors (Lipinski definition) is 3. The molecule has 1 heterocycles. The molecule has 0 saturated carbocycles. The third-order valence-corrected chi connectivity index (χ3v) is 4.69. The number of benzene rings is 3. The van der Waals surface area contributed by atoms with Gasteiger partial charge in [0.15, 0.2) is 0 Å². The third kappa shape index (κ3) is 3.45. The molecule has 0 radical (unpaired) electrons. The highest BCUT2D eigenvalue weighted by Gasteiger charge is 2.41. The fourth-order valence-electron chi connectivity index (χ4n) is 3.19. The summed E-state index contributed by atoms with van der Waals surface area (Å²) in [4.78, 5) is 26.8. The molecule has 150 valence electrons. The molecule has 3 aromatic rings. The van der Waals surface area contributed by atoms with E-state index in [9.17, 15) is 22.8 Å². The Morgan fingerprint density at radius 1 is 0.767 bits per heavy atom. The van der Waals surface area contributed by atoms with E-state index in [2.05, 4.69) is 5.32 Å². The predicted octanol–water partition coefficient (Wildman–Crippen LogP) is 4.81. The number of aryl methyl sites for hydroxylation is 1. The van der Waals surface area contributed by atoms with Gasteiger partial charge in [0.25, 0.3) is 11.8 Å². The van der Waals surface area contributed by atoms with Gasteiger partial charge in [0.2, 0.25) is 0 Å². The van der Waals surface area contributed by atoms with E-state index in [1.165, 1.54) is 12.1 Å². The summed E-state index contributed by atoms with van der Waals surface area (Å²) in [6.07, 6.45) is 0. The van der Waals surface area contributed by atoms with Crippen molar-refractivity contribution >= 4 is 28.8 Å². The van der Waals surface area contributed by atoms with E-state index in [4.69, 9.17) is 0 Å². The molecular formula is C23H15F3N2O2. The fraction of sp³-hybridized carbons (Fsp3) is 0.0435. The molecule has 0 saturated heterocycles. The second-order valence-electron chi connectivity index (χ2n) is 6.79. The van der Waals surface area contributed by atoms with Gasteiger partial charge < -0.3 is 5.32 Å². The SMILES string of the molecule is Cc1ccc(NC2=C(c3ccc(F)cc3)C(=O)N(c3cc(F)ccc3F)C2=O)cc1. The lowest BCUT2D eigenvalue weighted by atomic mass is 10.0. The normalized spacial score (nSPS) is 13.9. The minimum Gasteiger partial charge on any atom is -0.350 e. The van der Waals surface area contributed by atoms with Crippen molar-refractivity contribution in [2.75, 3.05) is 10.2 Å². The summed E-state index contributed by atoms with van der Waals surface area (Å²) in [6.45, 7) is 1.89. The Labute approximate surface area is 170 Å². The number of amides is 2. The van der Waals surface area contributed by atoms with Gasteiger partial charge in [-0.1, -0.05) is 29.8 Å². The quantitative estimate of drug-likeness (QED) is 0.631. The number of carbonyl (C=O) groups excluding carboxylic acids is 2. The number of anilines is 2. The van der Waals surface area contributed by atoms with Crippen LogP contribution in [0.4, 0.5) is 24.5 Å². The van der Waals surface area contributed by atoms with Gasteiger partial charge in [-0.3, -0.25) is 9.59 Å². The van der Waals surface area contributed by atoms with Crippen molar-refractivity contribution < 1.29 is 22.8 Å². The van der Waals surface area contributed by atoms with Crippen LogP contribution in [-0.4, -0.2) is 11.8 Å². The van der Waals surface area contributed by atoms with E-state index in [-0.39, 0.29) is 16.8 Å². The lowest BCUT2D eigenvalue weighted by Crippen LogP contribution is -2.33. The highest BCUT2D eigenvalue weighted by Crippen LogP contribution is 2.35. The van der Waals surface area contributed by atoms with Crippen LogP contribution in [0.15, 0.2) is 72.4 Å². The van der Waals surface area contributed by atoms with Gasteiger partial charge >= 0.3 is 0 Å². The molecule has 1 N–H and O–H groups in total. The van der Waals surface area contributed by atoms with Gasteiger partial charge in [-0.15, -0.1) is 0 Å². The second kappa shape index (κ2) is 7.51. The Hall–Kier alpha value is -3.87. The highest BCUT2D eigenvalue weighted by atomic mass is 19.1. The van der Waals surface area contributed by atoms with Gasteiger partial charge in [0.1, 0.15) is 23.1 Å². The first-order valence-corrected chi connectivity index (χ1v) is 9.03. The molecule has 0 spiro atoms. The lowest BCUT2D eigenvalue weighted by molar-refractivity contribution is -0.120. The number of rotatable bonds is 4. The van der Waals surface area contributed by atoms with Crippen molar-refractivity contribution in [2.45, 2.75) is 6.92 Å². The van der Waals surface area contributed by atoms with Crippen molar-refractivity contribution in [1.82, 2.24) is 0 Å². The van der Waals surface area contributed by atoms with Crippen LogP contribution in [0, 0.1) is 24.4 Å². The van der Waals surface area contributed by atoms with Crippen molar-refractivity contribution in [3.63, 3.8) is 0 Å². The van der Waals surface area contributed by atoms with Crippen molar-refractivity contribution in [3.8, 4) is 0 Å². The molecule has 2 amide bonds. The number of carbonyl (C=O) groups is 2. The fourth-order valence-corrected chi connectivity index (χ4v) is 3.19. The lowest BCUT2D eigenvalue weighted by Gasteiger charge is -2.16. The number of nitrogens with zero attached hydrogens (tertiary/aromatic N) is 1. The number of hydrogen-bond donors (Lipinski definition) is 1. The van der Waals surface area contributed by atoms with Crippen LogP contribution in [0.25, 0.3) is 5.57 Å². The first-order valence-electron chi connectivity index (χ1n) is 9.03. The summed E-state index contributed by atoms with van der Waals surface area (Å²) in [6, 6.07) is 14.6. The number of halogens is 3. The summed E-state index contributed by atoms with van der Waals surface area (Å²) < 4.78 is 41.4. The summed E-state index contributed by atoms with van der Waals surface area (Å²) in [5.41, 5.74) is 1.11. The number of nitrogens with one attached hydrogen (secondary N) is 1. The summed E-state index contributed by atoms with van der Waals surface area (Å²) in [5, 5.41) is 2.90. The molecule has 0 atom stereocenters. The Bertz CT molecular complexity index is 1190. The first kappa shape index (κ1) is 19.4. The largest absolute Gasteiger partial charge is 0.350 e. The van der Waals surface area contributed by atoms with Crippen molar-refractivity contribution in [1.29, 1.82) is 0 Å². The maximum Gasteiger partial charge on any atom is 0.282 e. The Balaban J connectivity index is 1.84. The third-order valence-electron chi connectivity index (χ3n) is 4.69. The molecule has 1 aliphatic rings. The maximum atomic E-state index is 14.3. The van der Waals surface area contributed by atoms with Crippen molar-refractivity contribution in [3.05, 3.63) is 101 Å². The van der Waals surface area contributed by atoms with Crippen LogP contribution in [-0.2, 0) is 9.59 Å². The van der Waals surface area contributed by atoms with Gasteiger partial charge in [-0.25, -0.2) is 18.1 Å². The molecule has 0 aromatic heterocycles. The van der Waals surface area contributed by atoms with Gasteiger partial charge in [0, 0.05) is 11.8 Å². The standard InChI is InChI=1S/C23H15F3N2O2/c1-13-2-9-17(10-3-13)27-21-20(14-4-6-15(24)7-5-14)22(29)28(23(21)30)19-12-16(25)8-11-18(19)26/h2-12,27H,1H3. The molecule has 7 heteroatoms. The zero-order valence-electron chi connectivity index (χ0n) is 15.7. The molecule has 4 rings (SSSR count). The smallest absolute Gasteiger partial charge is 0.282 e. The van der Waals surface area contributed by atoms with Crippen LogP contribution >= 0.6 is 0 Å². The van der Waals surface area contributed by atoms with E-state index < -0.39 is 35.0 Å². The average molecular weight is 408 g/mol. The topological polar surface area (TPSA) is 49.4 Å².